The van der Waals surface area contributed by atoms with Crippen LogP contribution in [0.15, 0.2) is 29.9 Å². The van der Waals surface area contributed by atoms with Crippen LogP contribution in [0, 0.1) is 5.41 Å². The Labute approximate surface area is 153 Å². The van der Waals surface area contributed by atoms with Crippen molar-refractivity contribution in [3.05, 3.63) is 30.5 Å². The number of ether oxygens (including phenoxy) is 1. The molecule has 26 heavy (non-hydrogen) atoms. The molecule has 0 amide bonds. The highest BCUT2D eigenvalue weighted by Crippen LogP contribution is 2.56. The number of nitrogens with one attached hydrogen (secondary N) is 1. The van der Waals surface area contributed by atoms with Crippen LogP contribution in [-0.4, -0.2) is 52.2 Å². The largest absolute Gasteiger partial charge is 0.381 e. The van der Waals surface area contributed by atoms with Gasteiger partial charge in [0, 0.05) is 36.9 Å². The smallest absolute Gasteiger partial charge is 0.260 e. The van der Waals surface area contributed by atoms with Crippen LogP contribution < -0.4 is 0 Å². The molecule has 2 aliphatic rings. The molecule has 0 aliphatic carbocycles. The third-order valence-electron chi connectivity index (χ3n) is 5.49. The van der Waals surface area contributed by atoms with Gasteiger partial charge in [-0.25, -0.2) is 13.4 Å². The van der Waals surface area contributed by atoms with Crippen molar-refractivity contribution in [3.63, 3.8) is 0 Å². The number of rotatable bonds is 3. The van der Waals surface area contributed by atoms with E-state index in [0.717, 1.165) is 18.4 Å². The minimum atomic E-state index is -3.62. The Morgan fingerprint density at radius 2 is 2.00 bits per heavy atom. The van der Waals surface area contributed by atoms with E-state index in [1.165, 1.54) is 12.5 Å². The van der Waals surface area contributed by atoms with Gasteiger partial charge in [0.2, 0.25) is 0 Å². The van der Waals surface area contributed by atoms with Gasteiger partial charge in [-0.05, 0) is 33.6 Å². The number of H-pyrrole nitrogens is 1. The first-order valence-corrected chi connectivity index (χ1v) is 10.3. The monoisotopic (exact) mass is 379 g/mol. The number of hydrogen-bond donors (Lipinski definition) is 1. The van der Waals surface area contributed by atoms with Gasteiger partial charge < -0.3 is 9.72 Å². The molecule has 0 bridgehead atoms. The average Bonchev–Trinajstić information content (AvgIpc) is 3.25. The van der Waals surface area contributed by atoms with E-state index >= 15 is 0 Å². The molecule has 1 atom stereocenters. The van der Waals surface area contributed by atoms with Crippen molar-refractivity contribution >= 4 is 10.0 Å². The fourth-order valence-corrected chi connectivity index (χ4v) is 5.69. The summed E-state index contributed by atoms with van der Waals surface area (Å²) in [7, 11) is -3.62. The van der Waals surface area contributed by atoms with Crippen molar-refractivity contribution in [2.75, 3.05) is 19.8 Å². The van der Waals surface area contributed by atoms with Crippen molar-refractivity contribution in [3.8, 4) is 0 Å². The first-order chi connectivity index (χ1) is 12.2. The molecule has 4 heterocycles. The highest BCUT2D eigenvalue weighted by Gasteiger charge is 2.58. The number of imidazole rings is 1. The summed E-state index contributed by atoms with van der Waals surface area (Å²) in [5.41, 5.74) is 0.700. The zero-order valence-electron chi connectivity index (χ0n) is 15.3. The summed E-state index contributed by atoms with van der Waals surface area (Å²) >= 11 is 0. The highest BCUT2D eigenvalue weighted by atomic mass is 32.2. The predicted octanol–water partition coefficient (Wildman–Crippen LogP) is 1.90. The molecule has 9 heteroatoms. The summed E-state index contributed by atoms with van der Waals surface area (Å²) in [4.78, 5) is 6.60. The molecule has 4 rings (SSSR count). The fraction of sp³-hybridized carbons (Fsp3) is 0.647. The second kappa shape index (κ2) is 5.90. The third kappa shape index (κ3) is 2.69. The second-order valence-corrected chi connectivity index (χ2v) is 10.1. The summed E-state index contributed by atoms with van der Waals surface area (Å²) in [6.45, 7) is 8.07. The van der Waals surface area contributed by atoms with Crippen LogP contribution in [0.3, 0.4) is 0 Å². The van der Waals surface area contributed by atoms with Crippen LogP contribution in [0.25, 0.3) is 0 Å². The molecule has 2 aliphatic heterocycles. The van der Waals surface area contributed by atoms with Crippen LogP contribution in [0.5, 0.6) is 0 Å². The molecule has 1 unspecified atom stereocenters. The number of aromatic amines is 1. The van der Waals surface area contributed by atoms with E-state index in [2.05, 4.69) is 35.8 Å². The van der Waals surface area contributed by atoms with E-state index < -0.39 is 10.0 Å². The van der Waals surface area contributed by atoms with Crippen molar-refractivity contribution in [2.24, 2.45) is 5.41 Å². The van der Waals surface area contributed by atoms with Crippen molar-refractivity contribution in [1.29, 1.82) is 0 Å². The molecule has 0 aromatic carbocycles. The van der Waals surface area contributed by atoms with Gasteiger partial charge in [-0.3, -0.25) is 4.68 Å². The molecule has 2 aromatic heterocycles. The molecule has 0 saturated carbocycles. The molecular formula is C17H25N5O3S. The standard InChI is InChI=1S/C17H25N5O3S/c1-16(2,3)22-10-13(8-20-22)15-17(4-6-25-7-5-17)11-21(15)26(23,24)14-9-18-12-19-14/h8-10,12,15H,4-7,11H2,1-3H3,(H,18,19). The minimum Gasteiger partial charge on any atom is -0.381 e. The van der Waals surface area contributed by atoms with Crippen molar-refractivity contribution in [1.82, 2.24) is 24.1 Å². The maximum Gasteiger partial charge on any atom is 0.260 e. The first kappa shape index (κ1) is 17.7. The summed E-state index contributed by atoms with van der Waals surface area (Å²) in [6.07, 6.45) is 8.25. The molecule has 2 fully saturated rings. The van der Waals surface area contributed by atoms with E-state index in [1.807, 2.05) is 17.1 Å². The van der Waals surface area contributed by atoms with E-state index in [1.54, 1.807) is 4.31 Å². The average molecular weight is 379 g/mol. The summed E-state index contributed by atoms with van der Waals surface area (Å²) in [6, 6.07) is -0.226. The zero-order valence-corrected chi connectivity index (χ0v) is 16.2. The van der Waals surface area contributed by atoms with Crippen LogP contribution >= 0.6 is 0 Å². The summed E-state index contributed by atoms with van der Waals surface area (Å²) < 4.78 is 35.2. The highest BCUT2D eigenvalue weighted by molar-refractivity contribution is 7.89. The molecule has 2 saturated heterocycles. The molecular weight excluding hydrogens is 354 g/mol. The Balaban J connectivity index is 1.73. The summed E-state index contributed by atoms with van der Waals surface area (Å²) in [5, 5.41) is 4.62. The SMILES string of the molecule is CC(C)(C)n1cc(C2N(S(=O)(=O)c3cnc[nH]3)CC23CCOCC3)cn1. The van der Waals surface area contributed by atoms with Gasteiger partial charge in [0.1, 0.15) is 0 Å². The number of nitrogens with zero attached hydrogens (tertiary/aromatic N) is 4. The Morgan fingerprint density at radius 1 is 1.27 bits per heavy atom. The normalized spacial score (nSPS) is 23.9. The molecule has 0 radical (unpaired) electrons. The van der Waals surface area contributed by atoms with Gasteiger partial charge in [-0.15, -0.1) is 0 Å². The molecule has 2 aromatic rings. The van der Waals surface area contributed by atoms with Crippen molar-refractivity contribution in [2.45, 2.75) is 50.2 Å². The lowest BCUT2D eigenvalue weighted by Gasteiger charge is -2.57. The van der Waals surface area contributed by atoms with Crippen molar-refractivity contribution < 1.29 is 13.2 Å². The zero-order chi connectivity index (χ0) is 18.6. The third-order valence-corrected chi connectivity index (χ3v) is 7.23. The Kier molecular flexibility index (Phi) is 4.01. The van der Waals surface area contributed by atoms with Gasteiger partial charge >= 0.3 is 0 Å². The molecule has 142 valence electrons. The van der Waals surface area contributed by atoms with Crippen LogP contribution in [0.4, 0.5) is 0 Å². The lowest BCUT2D eigenvalue weighted by atomic mass is 9.66. The molecule has 1 spiro atoms. The van der Waals surface area contributed by atoms with E-state index in [-0.39, 0.29) is 22.0 Å². The number of hydrogen-bond acceptors (Lipinski definition) is 5. The maximum absolute atomic E-state index is 13.1. The van der Waals surface area contributed by atoms with Gasteiger partial charge in [0.25, 0.3) is 10.0 Å². The van der Waals surface area contributed by atoms with Gasteiger partial charge in [0.05, 0.1) is 30.3 Å². The Hall–Kier alpha value is -1.71. The number of sulfonamides is 1. The fourth-order valence-electron chi connectivity index (χ4n) is 3.99. The van der Waals surface area contributed by atoms with E-state index in [0.29, 0.717) is 19.8 Å². The number of aromatic nitrogens is 4. The van der Waals surface area contributed by atoms with Crippen LogP contribution in [0.2, 0.25) is 0 Å². The van der Waals surface area contributed by atoms with Gasteiger partial charge in [-0.2, -0.15) is 9.40 Å². The second-order valence-electron chi connectivity index (χ2n) is 8.23. The minimum absolute atomic E-state index is 0.0862. The Morgan fingerprint density at radius 3 is 2.58 bits per heavy atom. The lowest BCUT2D eigenvalue weighted by molar-refractivity contribution is -0.0953. The maximum atomic E-state index is 13.1. The first-order valence-electron chi connectivity index (χ1n) is 8.87. The van der Waals surface area contributed by atoms with Crippen LogP contribution in [-0.2, 0) is 20.3 Å². The van der Waals surface area contributed by atoms with E-state index in [9.17, 15) is 8.42 Å². The van der Waals surface area contributed by atoms with Crippen LogP contribution in [0.1, 0.15) is 45.2 Å². The predicted molar refractivity (Wildman–Crippen MR) is 94.9 cm³/mol. The van der Waals surface area contributed by atoms with E-state index in [4.69, 9.17) is 4.74 Å². The lowest BCUT2D eigenvalue weighted by Crippen LogP contribution is -2.62. The Bertz CT molecular complexity index is 876. The van der Waals surface area contributed by atoms with Gasteiger partial charge in [0.15, 0.2) is 5.03 Å². The van der Waals surface area contributed by atoms with Gasteiger partial charge in [-0.1, -0.05) is 0 Å². The molecule has 8 nitrogen and oxygen atoms in total. The topological polar surface area (TPSA) is 93.1 Å². The summed E-state index contributed by atoms with van der Waals surface area (Å²) in [5.74, 6) is 0. The quantitative estimate of drug-likeness (QED) is 0.879. The molecule has 1 N–H and O–H groups in total.